The zero-order valence-corrected chi connectivity index (χ0v) is 9.66. The van der Waals surface area contributed by atoms with Gasteiger partial charge in [0.25, 0.3) is 0 Å². The Bertz CT molecular complexity index is 533. The van der Waals surface area contributed by atoms with Gasteiger partial charge in [-0.2, -0.15) is 0 Å². The Morgan fingerprint density at radius 1 is 1.56 bits per heavy atom. The number of hydrogen-bond acceptors (Lipinski definition) is 3. The van der Waals surface area contributed by atoms with Gasteiger partial charge in [0.2, 0.25) is 0 Å². The molecule has 0 aliphatic carbocycles. The van der Waals surface area contributed by atoms with Crippen molar-refractivity contribution in [2.45, 2.75) is 5.92 Å². The van der Waals surface area contributed by atoms with E-state index >= 15 is 0 Å². The molecule has 3 rings (SSSR count). The van der Waals surface area contributed by atoms with Crippen LogP contribution in [0.15, 0.2) is 18.3 Å². The molecule has 1 fully saturated rings. The maximum atomic E-state index is 6.12. The maximum absolute atomic E-state index is 6.12. The number of halogens is 1. The van der Waals surface area contributed by atoms with E-state index in [2.05, 4.69) is 10.3 Å². The van der Waals surface area contributed by atoms with Crippen molar-refractivity contribution in [1.82, 2.24) is 14.7 Å². The molecule has 2 aromatic heterocycles. The molecule has 0 bridgehead atoms. The number of hydrogen-bond donors (Lipinski definition) is 1. The molecule has 84 valence electrons. The Morgan fingerprint density at radius 2 is 2.38 bits per heavy atom. The van der Waals surface area contributed by atoms with Crippen molar-refractivity contribution in [2.24, 2.45) is 0 Å². The molecule has 0 radical (unpaired) electrons. The summed E-state index contributed by atoms with van der Waals surface area (Å²) in [7, 11) is 1.65. The van der Waals surface area contributed by atoms with Crippen LogP contribution in [0.4, 0.5) is 0 Å². The van der Waals surface area contributed by atoms with E-state index in [1.807, 2.05) is 22.7 Å². The van der Waals surface area contributed by atoms with E-state index in [9.17, 15) is 0 Å². The molecule has 0 amide bonds. The van der Waals surface area contributed by atoms with Gasteiger partial charge >= 0.3 is 0 Å². The molecule has 16 heavy (non-hydrogen) atoms. The van der Waals surface area contributed by atoms with Crippen molar-refractivity contribution in [3.05, 3.63) is 29.3 Å². The predicted molar refractivity (Wildman–Crippen MR) is 62.4 cm³/mol. The standard InChI is InChI=1S/C11H12ClN3O/c1-16-8-2-3-15-9(4-8)10(12)14-11(15)7-5-13-6-7/h2-4,7,13H,5-6H2,1H3. The first-order valence-electron chi connectivity index (χ1n) is 5.22. The fourth-order valence-corrected chi connectivity index (χ4v) is 2.17. The fourth-order valence-electron chi connectivity index (χ4n) is 1.94. The second-order valence-electron chi connectivity index (χ2n) is 3.94. The summed E-state index contributed by atoms with van der Waals surface area (Å²) >= 11 is 6.12. The summed E-state index contributed by atoms with van der Waals surface area (Å²) in [5, 5.41) is 3.78. The highest BCUT2D eigenvalue weighted by Gasteiger charge is 2.24. The van der Waals surface area contributed by atoms with Gasteiger partial charge in [0, 0.05) is 31.3 Å². The van der Waals surface area contributed by atoms with E-state index < -0.39 is 0 Å². The number of imidazole rings is 1. The predicted octanol–water partition coefficient (Wildman–Crippen LogP) is 1.68. The topological polar surface area (TPSA) is 38.6 Å². The van der Waals surface area contributed by atoms with Crippen molar-refractivity contribution in [3.8, 4) is 5.75 Å². The van der Waals surface area contributed by atoms with E-state index in [0.717, 1.165) is 30.2 Å². The minimum Gasteiger partial charge on any atom is -0.497 e. The van der Waals surface area contributed by atoms with Crippen LogP contribution in [0, 0.1) is 0 Å². The Hall–Kier alpha value is -1.26. The molecule has 1 saturated heterocycles. The summed E-state index contributed by atoms with van der Waals surface area (Å²) in [5.41, 5.74) is 0.905. The van der Waals surface area contributed by atoms with Gasteiger partial charge in [-0.25, -0.2) is 4.98 Å². The second-order valence-corrected chi connectivity index (χ2v) is 4.30. The van der Waals surface area contributed by atoms with Crippen molar-refractivity contribution < 1.29 is 4.74 Å². The molecular formula is C11H12ClN3O. The van der Waals surface area contributed by atoms with E-state index in [-0.39, 0.29) is 0 Å². The summed E-state index contributed by atoms with van der Waals surface area (Å²) in [5.74, 6) is 2.29. The fraction of sp³-hybridized carbons (Fsp3) is 0.364. The van der Waals surface area contributed by atoms with Gasteiger partial charge in [-0.3, -0.25) is 0 Å². The molecular weight excluding hydrogens is 226 g/mol. The highest BCUT2D eigenvalue weighted by atomic mass is 35.5. The zero-order valence-electron chi connectivity index (χ0n) is 8.90. The minimum atomic E-state index is 0.466. The van der Waals surface area contributed by atoms with Crippen LogP contribution in [0.1, 0.15) is 11.7 Å². The molecule has 2 aromatic rings. The van der Waals surface area contributed by atoms with Crippen molar-refractivity contribution in [1.29, 1.82) is 0 Å². The summed E-state index contributed by atoms with van der Waals surface area (Å²) in [6.07, 6.45) is 1.96. The molecule has 0 aromatic carbocycles. The first-order valence-corrected chi connectivity index (χ1v) is 5.59. The Kier molecular flexibility index (Phi) is 2.26. The first kappa shape index (κ1) is 9.93. The summed E-state index contributed by atoms with van der Waals surface area (Å²) < 4.78 is 7.21. The Balaban J connectivity index is 2.16. The normalized spacial score (nSPS) is 16.4. The number of nitrogens with zero attached hydrogens (tertiary/aromatic N) is 2. The number of pyridine rings is 1. The van der Waals surface area contributed by atoms with Gasteiger partial charge in [-0.1, -0.05) is 11.6 Å². The molecule has 4 nitrogen and oxygen atoms in total. The molecule has 0 spiro atoms. The van der Waals surface area contributed by atoms with Crippen LogP contribution < -0.4 is 10.1 Å². The largest absolute Gasteiger partial charge is 0.497 e. The monoisotopic (exact) mass is 237 g/mol. The van der Waals surface area contributed by atoms with Gasteiger partial charge in [-0.05, 0) is 6.07 Å². The number of aromatic nitrogens is 2. The Morgan fingerprint density at radius 3 is 3.00 bits per heavy atom. The molecule has 1 aliphatic rings. The zero-order chi connectivity index (χ0) is 11.1. The van der Waals surface area contributed by atoms with Gasteiger partial charge in [-0.15, -0.1) is 0 Å². The maximum Gasteiger partial charge on any atom is 0.155 e. The SMILES string of the molecule is COc1ccn2c(C3CNC3)nc(Cl)c2c1. The number of nitrogens with one attached hydrogen (secondary N) is 1. The summed E-state index contributed by atoms with van der Waals surface area (Å²) in [6, 6.07) is 3.82. The lowest BCUT2D eigenvalue weighted by atomic mass is 10.0. The lowest BCUT2D eigenvalue weighted by molar-refractivity contribution is 0.413. The second kappa shape index (κ2) is 3.64. The molecule has 0 atom stereocenters. The highest BCUT2D eigenvalue weighted by molar-refractivity contribution is 6.32. The first-order chi connectivity index (χ1) is 7.79. The molecule has 1 N–H and O–H groups in total. The number of rotatable bonds is 2. The molecule has 1 aliphatic heterocycles. The van der Waals surface area contributed by atoms with E-state index in [1.54, 1.807) is 7.11 Å². The third kappa shape index (κ3) is 1.37. The Labute approximate surface area is 98.2 Å². The third-order valence-corrected chi connectivity index (χ3v) is 3.26. The molecule has 0 saturated carbocycles. The minimum absolute atomic E-state index is 0.466. The van der Waals surface area contributed by atoms with Gasteiger partial charge < -0.3 is 14.5 Å². The van der Waals surface area contributed by atoms with Crippen LogP contribution in [-0.4, -0.2) is 29.6 Å². The lowest BCUT2D eigenvalue weighted by Crippen LogP contribution is -2.40. The van der Waals surface area contributed by atoms with Gasteiger partial charge in [0.15, 0.2) is 5.15 Å². The average Bonchev–Trinajstić information content (AvgIpc) is 2.54. The average molecular weight is 238 g/mol. The van der Waals surface area contributed by atoms with Gasteiger partial charge in [0.05, 0.1) is 12.6 Å². The van der Waals surface area contributed by atoms with E-state index in [1.165, 1.54) is 0 Å². The van der Waals surface area contributed by atoms with Crippen LogP contribution in [0.25, 0.3) is 5.52 Å². The molecule has 0 unspecified atom stereocenters. The number of methoxy groups -OCH3 is 1. The molecule has 3 heterocycles. The smallest absolute Gasteiger partial charge is 0.155 e. The number of fused-ring (bicyclic) bond motifs is 1. The quantitative estimate of drug-likeness (QED) is 0.864. The lowest BCUT2D eigenvalue weighted by Gasteiger charge is -2.25. The van der Waals surface area contributed by atoms with Crippen LogP contribution in [0.5, 0.6) is 5.75 Å². The van der Waals surface area contributed by atoms with Crippen molar-refractivity contribution >= 4 is 17.1 Å². The van der Waals surface area contributed by atoms with E-state index in [0.29, 0.717) is 11.1 Å². The van der Waals surface area contributed by atoms with Crippen LogP contribution >= 0.6 is 11.6 Å². The third-order valence-electron chi connectivity index (χ3n) is 2.98. The van der Waals surface area contributed by atoms with Crippen LogP contribution in [0.2, 0.25) is 5.15 Å². The van der Waals surface area contributed by atoms with E-state index in [4.69, 9.17) is 16.3 Å². The summed E-state index contributed by atoms with van der Waals surface area (Å²) in [6.45, 7) is 1.95. The van der Waals surface area contributed by atoms with Crippen molar-refractivity contribution in [2.75, 3.05) is 20.2 Å². The van der Waals surface area contributed by atoms with Gasteiger partial charge in [0.1, 0.15) is 11.6 Å². The molecule has 5 heteroatoms. The number of ether oxygens (including phenoxy) is 1. The van der Waals surface area contributed by atoms with Crippen LogP contribution in [-0.2, 0) is 0 Å². The highest BCUT2D eigenvalue weighted by Crippen LogP contribution is 2.27. The van der Waals surface area contributed by atoms with Crippen molar-refractivity contribution in [3.63, 3.8) is 0 Å². The van der Waals surface area contributed by atoms with Crippen LogP contribution in [0.3, 0.4) is 0 Å². The summed E-state index contributed by atoms with van der Waals surface area (Å²) in [4.78, 5) is 4.42.